The molecule has 2 unspecified atom stereocenters. The smallest absolute Gasteiger partial charge is 0.322 e. The molecule has 1 aliphatic carbocycles. The van der Waals surface area contributed by atoms with E-state index in [4.69, 9.17) is 10.5 Å². The summed E-state index contributed by atoms with van der Waals surface area (Å²) in [4.78, 5) is 12.2. The predicted molar refractivity (Wildman–Crippen MR) is 70.5 cm³/mol. The molecule has 6 nitrogen and oxygen atoms in total. The highest BCUT2D eigenvalue weighted by atomic mass is 16.5. The van der Waals surface area contributed by atoms with Crippen LogP contribution in [0.15, 0.2) is 0 Å². The molecule has 1 aromatic heterocycles. The highest BCUT2D eigenvalue weighted by Crippen LogP contribution is 2.25. The minimum Gasteiger partial charge on any atom is -0.467 e. The lowest BCUT2D eigenvalue weighted by molar-refractivity contribution is 0.378. The van der Waals surface area contributed by atoms with Crippen LogP contribution in [0.25, 0.3) is 0 Å². The average Bonchev–Trinajstić information content (AvgIpc) is 2.54. The Morgan fingerprint density at radius 3 is 2.72 bits per heavy atom. The van der Waals surface area contributed by atoms with E-state index in [0.717, 1.165) is 6.42 Å². The summed E-state index contributed by atoms with van der Waals surface area (Å²) in [7, 11) is 1.52. The molecule has 0 radical (unpaired) electrons. The molecule has 0 saturated heterocycles. The second-order valence-corrected chi connectivity index (χ2v) is 4.87. The van der Waals surface area contributed by atoms with Crippen LogP contribution in [0.3, 0.4) is 0 Å². The Bertz CT molecular complexity index is 398. The lowest BCUT2D eigenvalue weighted by atomic mass is 9.97. The lowest BCUT2D eigenvalue weighted by Crippen LogP contribution is -2.27. The molecular weight excluding hydrogens is 230 g/mol. The van der Waals surface area contributed by atoms with Crippen molar-refractivity contribution in [3.05, 3.63) is 0 Å². The van der Waals surface area contributed by atoms with Gasteiger partial charge in [0, 0.05) is 6.04 Å². The summed E-state index contributed by atoms with van der Waals surface area (Å²) in [6.45, 7) is 2.27. The van der Waals surface area contributed by atoms with Crippen molar-refractivity contribution in [1.29, 1.82) is 0 Å². The Hall–Kier alpha value is -1.59. The van der Waals surface area contributed by atoms with Crippen LogP contribution in [0.4, 0.5) is 11.9 Å². The maximum Gasteiger partial charge on any atom is 0.322 e. The van der Waals surface area contributed by atoms with E-state index in [0.29, 0.717) is 17.9 Å². The molecule has 0 amide bonds. The summed E-state index contributed by atoms with van der Waals surface area (Å²) in [5.41, 5.74) is 5.62. The zero-order valence-corrected chi connectivity index (χ0v) is 11.0. The molecule has 0 aliphatic heterocycles. The highest BCUT2D eigenvalue weighted by molar-refractivity contribution is 5.33. The van der Waals surface area contributed by atoms with Crippen LogP contribution >= 0.6 is 0 Å². The fourth-order valence-corrected chi connectivity index (χ4v) is 2.40. The van der Waals surface area contributed by atoms with Gasteiger partial charge in [-0.2, -0.15) is 15.0 Å². The molecule has 2 atom stereocenters. The van der Waals surface area contributed by atoms with Crippen LogP contribution in [-0.4, -0.2) is 28.1 Å². The van der Waals surface area contributed by atoms with Crippen LogP contribution in [0.2, 0.25) is 0 Å². The molecule has 100 valence electrons. The zero-order chi connectivity index (χ0) is 13.0. The number of ether oxygens (including phenoxy) is 1. The maximum absolute atomic E-state index is 5.62. The molecule has 1 aromatic rings. The lowest BCUT2D eigenvalue weighted by Gasteiger charge is -2.22. The SMILES string of the molecule is COc1nc(N)nc(NC2CCCCCC2C)n1. The summed E-state index contributed by atoms with van der Waals surface area (Å²) in [6, 6.07) is 0.658. The summed E-state index contributed by atoms with van der Waals surface area (Å²) in [5.74, 6) is 1.32. The van der Waals surface area contributed by atoms with E-state index in [2.05, 4.69) is 27.2 Å². The second kappa shape index (κ2) is 5.84. The van der Waals surface area contributed by atoms with Gasteiger partial charge in [0.2, 0.25) is 11.9 Å². The third-order valence-corrected chi connectivity index (χ3v) is 3.49. The van der Waals surface area contributed by atoms with Crippen molar-refractivity contribution >= 4 is 11.9 Å². The van der Waals surface area contributed by atoms with Gasteiger partial charge in [-0.1, -0.05) is 26.2 Å². The van der Waals surface area contributed by atoms with Crippen LogP contribution in [0.1, 0.15) is 39.0 Å². The molecule has 1 fully saturated rings. The normalized spacial score (nSPS) is 24.3. The van der Waals surface area contributed by atoms with Gasteiger partial charge in [0.15, 0.2) is 0 Å². The van der Waals surface area contributed by atoms with Gasteiger partial charge in [-0.05, 0) is 18.8 Å². The number of methoxy groups -OCH3 is 1. The molecule has 18 heavy (non-hydrogen) atoms. The molecule has 0 aromatic carbocycles. The Morgan fingerprint density at radius 1 is 1.17 bits per heavy atom. The van der Waals surface area contributed by atoms with E-state index in [1.165, 1.54) is 32.8 Å². The molecule has 1 heterocycles. The van der Waals surface area contributed by atoms with Gasteiger partial charge in [0.05, 0.1) is 7.11 Å². The number of nitrogens with zero attached hydrogens (tertiary/aromatic N) is 3. The maximum atomic E-state index is 5.62. The molecular formula is C12H21N5O. The standard InChI is InChI=1S/C12H21N5O/c1-8-6-4-3-5-7-9(8)14-11-15-10(13)16-12(17-11)18-2/h8-9H,3-7H2,1-2H3,(H3,13,14,15,16,17). The monoisotopic (exact) mass is 251 g/mol. The van der Waals surface area contributed by atoms with E-state index in [9.17, 15) is 0 Å². The Balaban J connectivity index is 2.09. The third-order valence-electron chi connectivity index (χ3n) is 3.49. The summed E-state index contributed by atoms with van der Waals surface area (Å²) < 4.78 is 4.99. The number of nitrogens with two attached hydrogens (primary N) is 1. The number of hydrogen-bond acceptors (Lipinski definition) is 6. The topological polar surface area (TPSA) is 86.0 Å². The van der Waals surface area contributed by atoms with E-state index in [-0.39, 0.29) is 12.0 Å². The first-order chi connectivity index (χ1) is 8.69. The Kier molecular flexibility index (Phi) is 4.17. The minimum atomic E-state index is 0.186. The molecule has 3 N–H and O–H groups in total. The first-order valence-corrected chi connectivity index (χ1v) is 6.51. The molecule has 1 aliphatic rings. The summed E-state index contributed by atoms with van der Waals surface area (Å²) in [5, 5.41) is 3.36. The first-order valence-electron chi connectivity index (χ1n) is 6.51. The van der Waals surface area contributed by atoms with Gasteiger partial charge in [-0.25, -0.2) is 0 Å². The number of hydrogen-bond donors (Lipinski definition) is 2. The molecule has 6 heteroatoms. The molecule has 0 spiro atoms. The van der Waals surface area contributed by atoms with Gasteiger partial charge >= 0.3 is 6.01 Å². The van der Waals surface area contributed by atoms with Crippen molar-refractivity contribution < 1.29 is 4.74 Å². The number of nitrogen functional groups attached to an aromatic ring is 1. The van der Waals surface area contributed by atoms with Crippen molar-refractivity contribution in [2.24, 2.45) is 5.92 Å². The van der Waals surface area contributed by atoms with Crippen LogP contribution < -0.4 is 15.8 Å². The number of anilines is 2. The van der Waals surface area contributed by atoms with Crippen LogP contribution in [0, 0.1) is 5.92 Å². The van der Waals surface area contributed by atoms with E-state index >= 15 is 0 Å². The summed E-state index contributed by atoms with van der Waals surface area (Å²) >= 11 is 0. The molecule has 0 bridgehead atoms. The number of aromatic nitrogens is 3. The number of rotatable bonds is 3. The van der Waals surface area contributed by atoms with Crippen LogP contribution in [0.5, 0.6) is 6.01 Å². The van der Waals surface area contributed by atoms with E-state index in [1.807, 2.05) is 0 Å². The van der Waals surface area contributed by atoms with Crippen molar-refractivity contribution in [1.82, 2.24) is 15.0 Å². The fraction of sp³-hybridized carbons (Fsp3) is 0.750. The predicted octanol–water partition coefficient (Wildman–Crippen LogP) is 1.84. The van der Waals surface area contributed by atoms with Crippen LogP contribution in [-0.2, 0) is 0 Å². The second-order valence-electron chi connectivity index (χ2n) is 4.87. The Morgan fingerprint density at radius 2 is 1.94 bits per heavy atom. The van der Waals surface area contributed by atoms with Gasteiger partial charge in [-0.15, -0.1) is 0 Å². The van der Waals surface area contributed by atoms with Gasteiger partial charge in [0.25, 0.3) is 0 Å². The fourth-order valence-electron chi connectivity index (χ4n) is 2.40. The molecule has 1 saturated carbocycles. The van der Waals surface area contributed by atoms with Crippen molar-refractivity contribution in [2.75, 3.05) is 18.2 Å². The highest BCUT2D eigenvalue weighted by Gasteiger charge is 2.21. The number of nitrogens with one attached hydrogen (secondary N) is 1. The summed E-state index contributed by atoms with van der Waals surface area (Å²) in [6.07, 6.45) is 6.26. The average molecular weight is 251 g/mol. The van der Waals surface area contributed by atoms with E-state index in [1.54, 1.807) is 0 Å². The minimum absolute atomic E-state index is 0.186. The molecule has 2 rings (SSSR count). The first kappa shape index (κ1) is 12.9. The quantitative estimate of drug-likeness (QED) is 0.797. The zero-order valence-electron chi connectivity index (χ0n) is 11.0. The third kappa shape index (κ3) is 3.21. The van der Waals surface area contributed by atoms with Gasteiger partial charge in [-0.3, -0.25) is 0 Å². The van der Waals surface area contributed by atoms with Crippen molar-refractivity contribution in [3.8, 4) is 6.01 Å². The van der Waals surface area contributed by atoms with Crippen molar-refractivity contribution in [3.63, 3.8) is 0 Å². The Labute approximate surface area is 107 Å². The largest absolute Gasteiger partial charge is 0.467 e. The van der Waals surface area contributed by atoms with Crippen molar-refractivity contribution in [2.45, 2.75) is 45.1 Å². The van der Waals surface area contributed by atoms with E-state index < -0.39 is 0 Å². The van der Waals surface area contributed by atoms with Gasteiger partial charge in [0.1, 0.15) is 0 Å². The van der Waals surface area contributed by atoms with Gasteiger partial charge < -0.3 is 15.8 Å².